The third kappa shape index (κ3) is 2.75. The largest absolute Gasteiger partial charge is 0.324 e. The summed E-state index contributed by atoms with van der Waals surface area (Å²) in [6.45, 7) is 1.84. The van der Waals surface area contributed by atoms with Gasteiger partial charge >= 0.3 is 0 Å². The summed E-state index contributed by atoms with van der Waals surface area (Å²) < 4.78 is 14.2. The van der Waals surface area contributed by atoms with Crippen LogP contribution in [0.15, 0.2) is 58.7 Å². The first kappa shape index (κ1) is 14.0. The summed E-state index contributed by atoms with van der Waals surface area (Å²) in [5.74, 6) is -0.280. The third-order valence-electron chi connectivity index (χ3n) is 3.19. The average Bonchev–Trinajstić information content (AvgIpc) is 2.49. The Morgan fingerprint density at radius 1 is 1.10 bits per heavy atom. The molecule has 3 rings (SSSR count). The van der Waals surface area contributed by atoms with E-state index in [1.165, 1.54) is 24.2 Å². The zero-order valence-corrected chi connectivity index (χ0v) is 12.3. The summed E-state index contributed by atoms with van der Waals surface area (Å²) in [4.78, 5) is 9.03. The highest BCUT2D eigenvalue weighted by molar-refractivity contribution is 7.99. The average molecular weight is 299 g/mol. The molecular formula is C16H14FN3S. The standard InChI is InChI=1S/C16H14FN3S/c1-10(18)11-6-4-7-13(17)15(11)21-16-12-5-2-3-8-14(12)19-9-20-16/h2-10H,18H2,1H3/t10-/m1/s1. The van der Waals surface area contributed by atoms with Crippen LogP contribution < -0.4 is 5.73 Å². The molecule has 3 nitrogen and oxygen atoms in total. The van der Waals surface area contributed by atoms with Crippen molar-refractivity contribution in [2.24, 2.45) is 5.73 Å². The van der Waals surface area contributed by atoms with Crippen LogP contribution in [-0.4, -0.2) is 9.97 Å². The first-order valence-electron chi connectivity index (χ1n) is 6.58. The molecule has 0 saturated carbocycles. The van der Waals surface area contributed by atoms with Gasteiger partial charge in [-0.15, -0.1) is 0 Å². The van der Waals surface area contributed by atoms with E-state index in [2.05, 4.69) is 9.97 Å². The summed E-state index contributed by atoms with van der Waals surface area (Å²) in [6.07, 6.45) is 1.50. The fourth-order valence-corrected chi connectivity index (χ4v) is 3.26. The normalized spacial score (nSPS) is 12.5. The highest BCUT2D eigenvalue weighted by atomic mass is 32.2. The Labute approximate surface area is 126 Å². The number of para-hydroxylation sites is 1. The van der Waals surface area contributed by atoms with Gasteiger partial charge in [0.2, 0.25) is 0 Å². The van der Waals surface area contributed by atoms with Gasteiger partial charge in [0.25, 0.3) is 0 Å². The van der Waals surface area contributed by atoms with Crippen molar-refractivity contribution in [3.63, 3.8) is 0 Å². The van der Waals surface area contributed by atoms with E-state index in [1.807, 2.05) is 37.3 Å². The van der Waals surface area contributed by atoms with E-state index in [9.17, 15) is 4.39 Å². The molecule has 0 unspecified atom stereocenters. The minimum Gasteiger partial charge on any atom is -0.324 e. The second-order valence-corrected chi connectivity index (χ2v) is 5.74. The second kappa shape index (κ2) is 5.79. The van der Waals surface area contributed by atoms with Gasteiger partial charge in [-0.1, -0.05) is 42.1 Å². The van der Waals surface area contributed by atoms with Crippen LogP contribution in [0.2, 0.25) is 0 Å². The molecule has 0 aliphatic heterocycles. The first-order chi connectivity index (χ1) is 10.2. The van der Waals surface area contributed by atoms with Crippen molar-refractivity contribution in [3.05, 3.63) is 60.2 Å². The highest BCUT2D eigenvalue weighted by Gasteiger charge is 2.15. The van der Waals surface area contributed by atoms with Crippen molar-refractivity contribution in [1.29, 1.82) is 0 Å². The lowest BCUT2D eigenvalue weighted by atomic mass is 10.1. The zero-order valence-electron chi connectivity index (χ0n) is 11.5. The Bertz CT molecular complexity index is 784. The molecule has 0 bridgehead atoms. The molecule has 5 heteroatoms. The van der Waals surface area contributed by atoms with E-state index < -0.39 is 0 Å². The number of rotatable bonds is 3. The molecule has 21 heavy (non-hydrogen) atoms. The van der Waals surface area contributed by atoms with Gasteiger partial charge in [0.1, 0.15) is 17.2 Å². The lowest BCUT2D eigenvalue weighted by molar-refractivity contribution is 0.591. The third-order valence-corrected chi connectivity index (χ3v) is 4.35. The van der Waals surface area contributed by atoms with E-state index in [1.54, 1.807) is 6.07 Å². The molecule has 106 valence electrons. The van der Waals surface area contributed by atoms with Gasteiger partial charge in [-0.05, 0) is 24.6 Å². The predicted octanol–water partition coefficient (Wildman–Crippen LogP) is 3.94. The van der Waals surface area contributed by atoms with Gasteiger partial charge in [-0.2, -0.15) is 0 Å². The number of nitrogens with two attached hydrogens (primary N) is 1. The Hall–Kier alpha value is -1.98. The first-order valence-corrected chi connectivity index (χ1v) is 7.40. The minimum atomic E-state index is -0.280. The van der Waals surface area contributed by atoms with Crippen molar-refractivity contribution in [3.8, 4) is 0 Å². The number of hydrogen-bond acceptors (Lipinski definition) is 4. The molecule has 0 radical (unpaired) electrons. The highest BCUT2D eigenvalue weighted by Crippen LogP contribution is 2.36. The molecule has 0 aliphatic rings. The smallest absolute Gasteiger partial charge is 0.137 e. The van der Waals surface area contributed by atoms with Crippen LogP contribution in [0, 0.1) is 5.82 Å². The Balaban J connectivity index is 2.11. The summed E-state index contributed by atoms with van der Waals surface area (Å²) in [7, 11) is 0. The number of aromatic nitrogens is 2. The summed E-state index contributed by atoms with van der Waals surface area (Å²) in [5, 5.41) is 1.64. The maximum Gasteiger partial charge on any atom is 0.137 e. The fraction of sp³-hybridized carbons (Fsp3) is 0.125. The monoisotopic (exact) mass is 299 g/mol. The van der Waals surface area contributed by atoms with Crippen LogP contribution in [0.1, 0.15) is 18.5 Å². The zero-order chi connectivity index (χ0) is 14.8. The lowest BCUT2D eigenvalue weighted by Gasteiger charge is -2.13. The molecule has 1 heterocycles. The van der Waals surface area contributed by atoms with Gasteiger partial charge < -0.3 is 5.73 Å². The van der Waals surface area contributed by atoms with Crippen molar-refractivity contribution in [2.45, 2.75) is 22.9 Å². The molecule has 1 aromatic heterocycles. The Morgan fingerprint density at radius 2 is 1.90 bits per heavy atom. The second-order valence-electron chi connectivity index (χ2n) is 4.74. The van der Waals surface area contributed by atoms with Crippen LogP contribution >= 0.6 is 11.8 Å². The molecule has 0 spiro atoms. The van der Waals surface area contributed by atoms with Gasteiger partial charge in [0.15, 0.2) is 0 Å². The SMILES string of the molecule is C[C@@H](N)c1cccc(F)c1Sc1ncnc2ccccc12. The van der Waals surface area contributed by atoms with Crippen molar-refractivity contribution in [1.82, 2.24) is 9.97 Å². The van der Waals surface area contributed by atoms with Gasteiger partial charge in [-0.25, -0.2) is 14.4 Å². The van der Waals surface area contributed by atoms with Gasteiger partial charge in [0, 0.05) is 11.4 Å². The number of nitrogens with zero attached hydrogens (tertiary/aromatic N) is 2. The lowest BCUT2D eigenvalue weighted by Crippen LogP contribution is -2.07. The van der Waals surface area contributed by atoms with Crippen LogP contribution in [0.3, 0.4) is 0 Å². The fourth-order valence-electron chi connectivity index (χ4n) is 2.15. The van der Waals surface area contributed by atoms with Gasteiger partial charge in [0.05, 0.1) is 10.4 Å². The van der Waals surface area contributed by atoms with E-state index in [0.29, 0.717) is 4.90 Å². The molecule has 0 saturated heterocycles. The van der Waals surface area contributed by atoms with E-state index in [4.69, 9.17) is 5.73 Å². The molecule has 0 amide bonds. The van der Waals surface area contributed by atoms with Crippen LogP contribution in [-0.2, 0) is 0 Å². The maximum atomic E-state index is 14.2. The molecule has 0 aliphatic carbocycles. The van der Waals surface area contributed by atoms with Gasteiger partial charge in [-0.3, -0.25) is 0 Å². The number of halogens is 1. The maximum absolute atomic E-state index is 14.2. The Kier molecular flexibility index (Phi) is 3.86. The summed E-state index contributed by atoms with van der Waals surface area (Å²) >= 11 is 1.29. The predicted molar refractivity (Wildman–Crippen MR) is 82.7 cm³/mol. The van der Waals surface area contributed by atoms with Crippen LogP contribution in [0.25, 0.3) is 10.9 Å². The van der Waals surface area contributed by atoms with Crippen LogP contribution in [0.5, 0.6) is 0 Å². The Morgan fingerprint density at radius 3 is 2.71 bits per heavy atom. The van der Waals surface area contributed by atoms with E-state index in [-0.39, 0.29) is 11.9 Å². The van der Waals surface area contributed by atoms with Crippen molar-refractivity contribution < 1.29 is 4.39 Å². The molecule has 3 aromatic rings. The molecular weight excluding hydrogens is 285 g/mol. The summed E-state index contributed by atoms with van der Waals surface area (Å²) in [5.41, 5.74) is 7.56. The number of benzene rings is 2. The quantitative estimate of drug-likeness (QED) is 0.744. The van der Waals surface area contributed by atoms with Crippen LogP contribution in [0.4, 0.5) is 4.39 Å². The van der Waals surface area contributed by atoms with Crippen molar-refractivity contribution in [2.75, 3.05) is 0 Å². The number of fused-ring (bicyclic) bond motifs is 1. The van der Waals surface area contributed by atoms with E-state index >= 15 is 0 Å². The number of hydrogen-bond donors (Lipinski definition) is 1. The topological polar surface area (TPSA) is 51.8 Å². The molecule has 1 atom stereocenters. The van der Waals surface area contributed by atoms with E-state index in [0.717, 1.165) is 21.5 Å². The summed E-state index contributed by atoms with van der Waals surface area (Å²) in [6, 6.07) is 12.4. The molecule has 2 aromatic carbocycles. The minimum absolute atomic E-state index is 0.240. The van der Waals surface area contributed by atoms with Crippen molar-refractivity contribution >= 4 is 22.7 Å². The molecule has 2 N–H and O–H groups in total. The molecule has 0 fully saturated rings.